The molecule has 1 heterocycles. The largest absolute Gasteiger partial charge is 0.326 e. The highest BCUT2D eigenvalue weighted by Gasteiger charge is 2.29. The summed E-state index contributed by atoms with van der Waals surface area (Å²) in [5, 5.41) is 0. The number of nitrogens with one attached hydrogen (secondary N) is 1. The molecule has 1 saturated heterocycles. The molecule has 1 fully saturated rings. The van der Waals surface area contributed by atoms with Crippen LogP contribution in [0.15, 0.2) is 23.1 Å². The number of rotatable bonds is 5. The molecule has 1 atom stereocenters. The van der Waals surface area contributed by atoms with Crippen LogP contribution in [-0.4, -0.2) is 34.9 Å². The van der Waals surface area contributed by atoms with Crippen LogP contribution in [0.2, 0.25) is 0 Å². The van der Waals surface area contributed by atoms with Gasteiger partial charge in [0.2, 0.25) is 10.0 Å². The van der Waals surface area contributed by atoms with E-state index in [2.05, 4.69) is 4.72 Å². The molecule has 0 aliphatic carbocycles. The molecular weight excluding hydrogens is 319 g/mol. The average molecular weight is 336 g/mol. The van der Waals surface area contributed by atoms with Gasteiger partial charge in [0.05, 0.1) is 11.5 Å². The van der Waals surface area contributed by atoms with Gasteiger partial charge in [-0.1, -0.05) is 6.07 Å². The maximum Gasteiger partial charge on any atom is 0.243 e. The number of benzene rings is 1. The van der Waals surface area contributed by atoms with Gasteiger partial charge in [-0.3, -0.25) is 0 Å². The van der Waals surface area contributed by atoms with Crippen LogP contribution in [0.3, 0.4) is 0 Å². The van der Waals surface area contributed by atoms with Gasteiger partial charge >= 0.3 is 0 Å². The van der Waals surface area contributed by atoms with E-state index in [4.69, 9.17) is 5.73 Å². The van der Waals surface area contributed by atoms with Crippen LogP contribution in [0.25, 0.3) is 0 Å². The van der Waals surface area contributed by atoms with Gasteiger partial charge in [0.1, 0.15) is 10.7 Å². The molecular formula is C12H17FN2O4S2. The van der Waals surface area contributed by atoms with Crippen LogP contribution in [0, 0.1) is 11.7 Å². The van der Waals surface area contributed by atoms with E-state index in [0.29, 0.717) is 12.0 Å². The van der Waals surface area contributed by atoms with Crippen LogP contribution >= 0.6 is 0 Å². The minimum absolute atomic E-state index is 0.0142. The second kappa shape index (κ2) is 5.99. The van der Waals surface area contributed by atoms with Gasteiger partial charge in [-0.25, -0.2) is 25.9 Å². The first-order valence-corrected chi connectivity index (χ1v) is 9.72. The lowest BCUT2D eigenvalue weighted by molar-refractivity contribution is 0.532. The fraction of sp³-hybridized carbons (Fsp3) is 0.500. The lowest BCUT2D eigenvalue weighted by Crippen LogP contribution is -2.30. The third kappa shape index (κ3) is 4.00. The molecule has 1 aliphatic heterocycles. The van der Waals surface area contributed by atoms with Gasteiger partial charge < -0.3 is 5.73 Å². The van der Waals surface area contributed by atoms with E-state index >= 15 is 0 Å². The maximum atomic E-state index is 13.8. The number of halogens is 1. The minimum atomic E-state index is -4.00. The molecule has 1 aromatic rings. The highest BCUT2D eigenvalue weighted by atomic mass is 32.2. The van der Waals surface area contributed by atoms with Crippen LogP contribution in [0.5, 0.6) is 0 Å². The molecule has 0 bridgehead atoms. The van der Waals surface area contributed by atoms with Gasteiger partial charge in [0, 0.05) is 13.1 Å². The molecule has 118 valence electrons. The Labute approximate surface area is 123 Å². The predicted octanol–water partition coefficient (Wildman–Crippen LogP) is -0.00260. The SMILES string of the molecule is NCc1ccc(S(=O)(=O)NCC2CCS(=O)(=O)C2)c(F)c1. The van der Waals surface area contributed by atoms with E-state index in [1.807, 2.05) is 0 Å². The average Bonchev–Trinajstić information content (AvgIpc) is 2.75. The lowest BCUT2D eigenvalue weighted by Gasteiger charge is -2.11. The summed E-state index contributed by atoms with van der Waals surface area (Å²) in [4.78, 5) is -0.458. The first kappa shape index (κ1) is 16.3. The summed E-state index contributed by atoms with van der Waals surface area (Å²) >= 11 is 0. The zero-order valence-corrected chi connectivity index (χ0v) is 12.9. The molecule has 2 rings (SSSR count). The summed E-state index contributed by atoms with van der Waals surface area (Å²) in [6, 6.07) is 3.68. The Bertz CT molecular complexity index is 732. The van der Waals surface area contributed by atoms with Crippen molar-refractivity contribution >= 4 is 19.9 Å². The van der Waals surface area contributed by atoms with E-state index in [9.17, 15) is 21.2 Å². The Morgan fingerprint density at radius 2 is 2.10 bits per heavy atom. The Balaban J connectivity index is 2.09. The van der Waals surface area contributed by atoms with E-state index in [0.717, 1.165) is 12.1 Å². The molecule has 1 unspecified atom stereocenters. The normalized spacial score (nSPS) is 21.5. The summed E-state index contributed by atoms with van der Waals surface area (Å²) in [6.07, 6.45) is 0.416. The molecule has 21 heavy (non-hydrogen) atoms. The smallest absolute Gasteiger partial charge is 0.243 e. The fourth-order valence-corrected chi connectivity index (χ4v) is 5.26. The number of sulfonamides is 1. The number of hydrogen-bond donors (Lipinski definition) is 2. The summed E-state index contributed by atoms with van der Waals surface area (Å²) in [6.45, 7) is 0.101. The molecule has 0 saturated carbocycles. The Morgan fingerprint density at radius 1 is 1.38 bits per heavy atom. The summed E-state index contributed by atoms with van der Waals surface area (Å²) in [5.41, 5.74) is 5.85. The summed E-state index contributed by atoms with van der Waals surface area (Å²) in [7, 11) is -7.07. The minimum Gasteiger partial charge on any atom is -0.326 e. The highest BCUT2D eigenvalue weighted by molar-refractivity contribution is 7.91. The van der Waals surface area contributed by atoms with E-state index in [1.165, 1.54) is 6.07 Å². The molecule has 1 aliphatic rings. The predicted molar refractivity (Wildman–Crippen MR) is 76.2 cm³/mol. The third-order valence-corrected chi connectivity index (χ3v) is 6.70. The zero-order valence-electron chi connectivity index (χ0n) is 11.2. The molecule has 0 aromatic heterocycles. The fourth-order valence-electron chi connectivity index (χ4n) is 2.23. The standard InChI is InChI=1S/C12H17FN2O4S2/c13-11-5-9(6-14)1-2-12(11)21(18,19)15-7-10-3-4-20(16,17)8-10/h1-2,5,10,15H,3-4,6-8,14H2. The molecule has 1 aromatic carbocycles. The van der Waals surface area contributed by atoms with E-state index in [-0.39, 0.29) is 30.5 Å². The quantitative estimate of drug-likeness (QED) is 0.787. The van der Waals surface area contributed by atoms with Crippen molar-refractivity contribution in [1.82, 2.24) is 4.72 Å². The molecule has 9 heteroatoms. The van der Waals surface area contributed by atoms with Gasteiger partial charge in [0.15, 0.2) is 9.84 Å². The van der Waals surface area contributed by atoms with Crippen molar-refractivity contribution < 1.29 is 21.2 Å². The second-order valence-corrected chi connectivity index (χ2v) is 9.05. The van der Waals surface area contributed by atoms with Crippen molar-refractivity contribution in [2.45, 2.75) is 17.9 Å². The zero-order chi connectivity index (χ0) is 15.7. The van der Waals surface area contributed by atoms with Gasteiger partial charge in [-0.05, 0) is 30.0 Å². The van der Waals surface area contributed by atoms with Crippen LogP contribution in [0.1, 0.15) is 12.0 Å². The molecule has 0 radical (unpaired) electrons. The highest BCUT2D eigenvalue weighted by Crippen LogP contribution is 2.20. The van der Waals surface area contributed by atoms with Crippen molar-refractivity contribution in [2.24, 2.45) is 11.7 Å². The third-order valence-electron chi connectivity index (χ3n) is 3.41. The Kier molecular flexibility index (Phi) is 4.66. The van der Waals surface area contributed by atoms with Crippen LogP contribution in [-0.2, 0) is 26.4 Å². The lowest BCUT2D eigenvalue weighted by atomic mass is 10.1. The molecule has 0 amide bonds. The molecule has 6 nitrogen and oxygen atoms in total. The first-order valence-electron chi connectivity index (χ1n) is 6.42. The van der Waals surface area contributed by atoms with Crippen molar-refractivity contribution in [3.8, 4) is 0 Å². The molecule has 3 N–H and O–H groups in total. The van der Waals surface area contributed by atoms with Crippen LogP contribution in [0.4, 0.5) is 4.39 Å². The van der Waals surface area contributed by atoms with E-state index in [1.54, 1.807) is 0 Å². The number of hydrogen-bond acceptors (Lipinski definition) is 5. The van der Waals surface area contributed by atoms with Gasteiger partial charge in [-0.2, -0.15) is 0 Å². The van der Waals surface area contributed by atoms with Crippen molar-refractivity contribution in [3.63, 3.8) is 0 Å². The van der Waals surface area contributed by atoms with Crippen molar-refractivity contribution in [3.05, 3.63) is 29.6 Å². The van der Waals surface area contributed by atoms with E-state index < -0.39 is 30.6 Å². The monoisotopic (exact) mass is 336 g/mol. The first-order chi connectivity index (χ1) is 9.73. The number of nitrogens with two attached hydrogens (primary N) is 1. The topological polar surface area (TPSA) is 106 Å². The summed E-state index contributed by atoms with van der Waals surface area (Å²) in [5.74, 6) is -1.11. The van der Waals surface area contributed by atoms with Crippen LogP contribution < -0.4 is 10.5 Å². The molecule has 0 spiro atoms. The van der Waals surface area contributed by atoms with Gasteiger partial charge in [-0.15, -0.1) is 0 Å². The van der Waals surface area contributed by atoms with Crippen molar-refractivity contribution in [2.75, 3.05) is 18.1 Å². The summed E-state index contributed by atoms with van der Waals surface area (Å²) < 4.78 is 62.8. The Morgan fingerprint density at radius 3 is 2.62 bits per heavy atom. The van der Waals surface area contributed by atoms with Gasteiger partial charge in [0.25, 0.3) is 0 Å². The maximum absolute atomic E-state index is 13.8. The van der Waals surface area contributed by atoms with Crippen molar-refractivity contribution in [1.29, 1.82) is 0 Å². The second-order valence-electron chi connectivity index (χ2n) is 5.09. The number of sulfone groups is 1. The Hall–Kier alpha value is -1.03.